The van der Waals surface area contributed by atoms with Crippen LogP contribution in [0.2, 0.25) is 5.02 Å². The van der Waals surface area contributed by atoms with Crippen LogP contribution in [-0.4, -0.2) is 40.6 Å². The van der Waals surface area contributed by atoms with Gasteiger partial charge in [-0.1, -0.05) is 23.7 Å². The molecule has 0 aliphatic rings. The van der Waals surface area contributed by atoms with E-state index in [1.54, 1.807) is 35.9 Å². The highest BCUT2D eigenvalue weighted by atomic mass is 35.5. The van der Waals surface area contributed by atoms with E-state index in [-0.39, 0.29) is 11.7 Å². The Kier molecular flexibility index (Phi) is 5.53. The molecule has 3 rings (SSSR count). The number of hydrogen-bond donors (Lipinski definition) is 0. The van der Waals surface area contributed by atoms with Crippen molar-refractivity contribution in [2.24, 2.45) is 0 Å². The molecular formula is C19H17ClFN3O2. The largest absolute Gasteiger partial charge is 0.490 e. The summed E-state index contributed by atoms with van der Waals surface area (Å²) in [5, 5.41) is 0.524. The fourth-order valence-corrected chi connectivity index (χ4v) is 2.60. The van der Waals surface area contributed by atoms with Crippen molar-refractivity contribution in [1.82, 2.24) is 14.5 Å². The van der Waals surface area contributed by atoms with Gasteiger partial charge in [0.15, 0.2) is 0 Å². The number of likely N-dealkylation sites (N-methyl/N-ethyl adjacent to an activating group) is 1. The molecule has 0 fully saturated rings. The predicted octanol–water partition coefficient (Wildman–Crippen LogP) is 3.82. The molecule has 3 aromatic rings. The van der Waals surface area contributed by atoms with Crippen LogP contribution in [0.15, 0.2) is 61.1 Å². The van der Waals surface area contributed by atoms with Crippen LogP contribution in [0.4, 0.5) is 4.39 Å². The first-order valence-corrected chi connectivity index (χ1v) is 8.35. The van der Waals surface area contributed by atoms with E-state index in [1.165, 1.54) is 29.6 Å². The zero-order valence-electron chi connectivity index (χ0n) is 14.1. The summed E-state index contributed by atoms with van der Waals surface area (Å²) in [6, 6.07) is 13.0. The van der Waals surface area contributed by atoms with E-state index < -0.39 is 0 Å². The van der Waals surface area contributed by atoms with Crippen molar-refractivity contribution in [1.29, 1.82) is 0 Å². The smallest absolute Gasteiger partial charge is 0.272 e. The molecule has 7 heteroatoms. The van der Waals surface area contributed by atoms with Gasteiger partial charge < -0.3 is 9.64 Å². The van der Waals surface area contributed by atoms with Gasteiger partial charge in [0.1, 0.15) is 23.9 Å². The predicted molar refractivity (Wildman–Crippen MR) is 97.4 cm³/mol. The van der Waals surface area contributed by atoms with E-state index in [2.05, 4.69) is 4.98 Å². The summed E-state index contributed by atoms with van der Waals surface area (Å²) >= 11 is 6.04. The van der Waals surface area contributed by atoms with Crippen molar-refractivity contribution >= 4 is 17.5 Å². The lowest BCUT2D eigenvalue weighted by Crippen LogP contribution is -2.32. The number of para-hydroxylation sites is 1. The molecule has 0 saturated carbocycles. The Labute approximate surface area is 155 Å². The second kappa shape index (κ2) is 8.01. The quantitative estimate of drug-likeness (QED) is 0.660. The highest BCUT2D eigenvalue weighted by molar-refractivity contribution is 6.32. The van der Waals surface area contributed by atoms with Crippen LogP contribution in [0, 0.1) is 5.82 Å². The number of imidazole rings is 1. The maximum atomic E-state index is 13.1. The van der Waals surface area contributed by atoms with Gasteiger partial charge in [0, 0.05) is 12.7 Å². The van der Waals surface area contributed by atoms with Crippen LogP contribution in [0.25, 0.3) is 5.69 Å². The fraction of sp³-hybridized carbons (Fsp3) is 0.158. The molecule has 0 spiro atoms. The first kappa shape index (κ1) is 17.9. The first-order chi connectivity index (χ1) is 12.6. The second-order valence-electron chi connectivity index (χ2n) is 5.63. The maximum Gasteiger partial charge on any atom is 0.272 e. The minimum atomic E-state index is -0.337. The molecule has 0 N–H and O–H groups in total. The Morgan fingerprint density at radius 3 is 2.69 bits per heavy atom. The molecule has 1 amide bonds. The molecule has 0 aliphatic carbocycles. The van der Waals surface area contributed by atoms with Gasteiger partial charge in [0.2, 0.25) is 0 Å². The van der Waals surface area contributed by atoms with Crippen molar-refractivity contribution in [3.63, 3.8) is 0 Å². The van der Waals surface area contributed by atoms with Crippen LogP contribution < -0.4 is 4.74 Å². The topological polar surface area (TPSA) is 47.4 Å². The van der Waals surface area contributed by atoms with Crippen molar-refractivity contribution in [3.05, 3.63) is 77.6 Å². The van der Waals surface area contributed by atoms with E-state index in [0.717, 1.165) is 0 Å². The standard InChI is InChI=1S/C19H17ClFN3O2/c1-23(10-11-26-18-5-3-2-4-16(18)20)19(25)17-12-22-13-24(17)15-8-6-14(21)7-9-15/h2-9,12-13H,10-11H2,1H3. The van der Waals surface area contributed by atoms with E-state index in [0.29, 0.717) is 35.3 Å². The van der Waals surface area contributed by atoms with Gasteiger partial charge in [-0.3, -0.25) is 9.36 Å². The second-order valence-corrected chi connectivity index (χ2v) is 6.04. The lowest BCUT2D eigenvalue weighted by molar-refractivity contribution is 0.0766. The van der Waals surface area contributed by atoms with E-state index in [9.17, 15) is 9.18 Å². The first-order valence-electron chi connectivity index (χ1n) is 7.97. The Balaban J connectivity index is 1.65. The third-order valence-corrected chi connectivity index (χ3v) is 4.14. The van der Waals surface area contributed by atoms with Gasteiger partial charge in [-0.2, -0.15) is 0 Å². The molecule has 134 valence electrons. The van der Waals surface area contributed by atoms with Crippen molar-refractivity contribution in [2.75, 3.05) is 20.2 Å². The summed E-state index contributed by atoms with van der Waals surface area (Å²) in [6.07, 6.45) is 3.01. The minimum absolute atomic E-state index is 0.213. The lowest BCUT2D eigenvalue weighted by atomic mass is 10.3. The van der Waals surface area contributed by atoms with E-state index >= 15 is 0 Å². The van der Waals surface area contributed by atoms with Gasteiger partial charge in [-0.25, -0.2) is 9.37 Å². The molecule has 0 bridgehead atoms. The summed E-state index contributed by atoms with van der Waals surface area (Å²) in [5.74, 6) is 0.0246. The van der Waals surface area contributed by atoms with Gasteiger partial charge in [0.25, 0.3) is 5.91 Å². The average Bonchev–Trinajstić information content (AvgIpc) is 3.13. The molecule has 1 heterocycles. The molecule has 26 heavy (non-hydrogen) atoms. The Bertz CT molecular complexity index is 896. The van der Waals surface area contributed by atoms with E-state index in [1.807, 2.05) is 12.1 Å². The number of carbonyl (C=O) groups is 1. The summed E-state index contributed by atoms with van der Waals surface area (Å²) in [6.45, 7) is 0.676. The molecule has 0 saturated heterocycles. The monoisotopic (exact) mass is 373 g/mol. The number of ether oxygens (including phenoxy) is 1. The Morgan fingerprint density at radius 2 is 1.96 bits per heavy atom. The molecule has 0 aliphatic heterocycles. The molecular weight excluding hydrogens is 357 g/mol. The zero-order chi connectivity index (χ0) is 18.5. The number of halogens is 2. The fourth-order valence-electron chi connectivity index (χ4n) is 2.41. The average molecular weight is 374 g/mol. The van der Waals surface area contributed by atoms with Crippen LogP contribution in [-0.2, 0) is 0 Å². The Hall–Kier alpha value is -2.86. The van der Waals surface area contributed by atoms with Crippen molar-refractivity contribution in [2.45, 2.75) is 0 Å². The summed E-state index contributed by atoms with van der Waals surface area (Å²) in [4.78, 5) is 18.3. The zero-order valence-corrected chi connectivity index (χ0v) is 14.9. The molecule has 2 aromatic carbocycles. The summed E-state index contributed by atoms with van der Waals surface area (Å²) in [7, 11) is 1.68. The maximum absolute atomic E-state index is 13.1. The minimum Gasteiger partial charge on any atom is -0.490 e. The van der Waals surface area contributed by atoms with Crippen molar-refractivity contribution < 1.29 is 13.9 Å². The number of benzene rings is 2. The molecule has 1 aromatic heterocycles. The van der Waals surface area contributed by atoms with Crippen LogP contribution >= 0.6 is 11.6 Å². The van der Waals surface area contributed by atoms with Gasteiger partial charge in [-0.15, -0.1) is 0 Å². The third-order valence-electron chi connectivity index (χ3n) is 3.83. The highest BCUT2D eigenvalue weighted by Gasteiger charge is 2.17. The summed E-state index contributed by atoms with van der Waals surface area (Å²) in [5.41, 5.74) is 1.05. The van der Waals surface area contributed by atoms with Crippen LogP contribution in [0.5, 0.6) is 5.75 Å². The van der Waals surface area contributed by atoms with E-state index in [4.69, 9.17) is 16.3 Å². The van der Waals surface area contributed by atoms with Crippen LogP contribution in [0.1, 0.15) is 10.5 Å². The van der Waals surface area contributed by atoms with Gasteiger partial charge in [0.05, 0.1) is 24.1 Å². The molecule has 0 atom stereocenters. The number of rotatable bonds is 6. The SMILES string of the molecule is CN(CCOc1ccccc1Cl)C(=O)c1cncn1-c1ccc(F)cc1. The Morgan fingerprint density at radius 1 is 1.23 bits per heavy atom. The van der Waals surface area contributed by atoms with Crippen molar-refractivity contribution in [3.8, 4) is 11.4 Å². The number of amides is 1. The highest BCUT2D eigenvalue weighted by Crippen LogP contribution is 2.23. The number of nitrogens with zero attached hydrogens (tertiary/aromatic N) is 3. The molecule has 0 radical (unpaired) electrons. The van der Waals surface area contributed by atoms with Gasteiger partial charge in [-0.05, 0) is 36.4 Å². The number of aromatic nitrogens is 2. The normalized spacial score (nSPS) is 10.6. The van der Waals surface area contributed by atoms with Crippen LogP contribution in [0.3, 0.4) is 0 Å². The lowest BCUT2D eigenvalue weighted by Gasteiger charge is -2.18. The number of carbonyl (C=O) groups excluding carboxylic acids is 1. The summed E-state index contributed by atoms with van der Waals surface area (Å²) < 4.78 is 20.3. The van der Waals surface area contributed by atoms with Gasteiger partial charge >= 0.3 is 0 Å². The molecule has 5 nitrogen and oxygen atoms in total. The third kappa shape index (κ3) is 4.03. The molecule has 0 unspecified atom stereocenters. The number of hydrogen-bond acceptors (Lipinski definition) is 3.